The quantitative estimate of drug-likeness (QED) is 0.666. The Bertz CT molecular complexity index is 295. The predicted octanol–water partition coefficient (Wildman–Crippen LogP) is 2.05. The number of carbonyl (C=O) groups is 1. The molecular weight excluding hydrogens is 206 g/mol. The van der Waals surface area contributed by atoms with Gasteiger partial charge in [0, 0.05) is 12.1 Å². The number of nitrogens with zero attached hydrogens (tertiary/aromatic N) is 1. The highest BCUT2D eigenvalue weighted by atomic mass is 16.5. The van der Waals surface area contributed by atoms with E-state index in [1.165, 1.54) is 0 Å². The van der Waals surface area contributed by atoms with Gasteiger partial charge in [0.25, 0.3) is 0 Å². The molecule has 0 atom stereocenters. The van der Waals surface area contributed by atoms with Gasteiger partial charge in [-0.15, -0.1) is 0 Å². The number of ether oxygens (including phenoxy) is 1. The molecule has 0 aliphatic carbocycles. The van der Waals surface area contributed by atoms with Gasteiger partial charge in [0.15, 0.2) is 0 Å². The van der Waals surface area contributed by atoms with E-state index in [1.54, 1.807) is 12.5 Å². The molecule has 1 rings (SSSR count). The highest BCUT2D eigenvalue weighted by Crippen LogP contribution is 2.06. The highest BCUT2D eigenvalue weighted by molar-refractivity contribution is 5.71. The van der Waals surface area contributed by atoms with Crippen LogP contribution in [0.4, 0.5) is 0 Å². The van der Waals surface area contributed by atoms with E-state index < -0.39 is 0 Å². The van der Waals surface area contributed by atoms with Crippen LogP contribution in [0.2, 0.25) is 0 Å². The molecule has 0 aliphatic rings. The van der Waals surface area contributed by atoms with Gasteiger partial charge in [-0.1, -0.05) is 6.92 Å². The van der Waals surface area contributed by atoms with Crippen LogP contribution in [0.3, 0.4) is 0 Å². The van der Waals surface area contributed by atoms with Crippen molar-refractivity contribution in [2.24, 2.45) is 0 Å². The molecule has 0 saturated carbocycles. The lowest BCUT2D eigenvalue weighted by atomic mass is 10.3. The molecule has 1 aromatic heterocycles. The smallest absolute Gasteiger partial charge is 0.320 e. The Labute approximate surface area is 96.2 Å². The summed E-state index contributed by atoms with van der Waals surface area (Å²) in [6.07, 6.45) is 4.36. The Morgan fingerprint density at radius 1 is 1.50 bits per heavy atom. The summed E-state index contributed by atoms with van der Waals surface area (Å²) >= 11 is 0. The standard InChI is InChI=1S/C12H19NO3/c1-3-6-13(9-12(14)16-4-2)8-11-5-7-15-10-11/h5,7,10H,3-4,6,8-9H2,1-2H3. The molecule has 0 aromatic carbocycles. The van der Waals surface area contributed by atoms with Crippen LogP contribution in [-0.4, -0.2) is 30.6 Å². The minimum Gasteiger partial charge on any atom is -0.472 e. The molecule has 0 aliphatic heterocycles. The topological polar surface area (TPSA) is 42.7 Å². The van der Waals surface area contributed by atoms with Gasteiger partial charge in [0.2, 0.25) is 0 Å². The monoisotopic (exact) mass is 225 g/mol. The van der Waals surface area contributed by atoms with Crippen molar-refractivity contribution in [1.29, 1.82) is 0 Å². The van der Waals surface area contributed by atoms with Gasteiger partial charge in [-0.2, -0.15) is 0 Å². The summed E-state index contributed by atoms with van der Waals surface area (Å²) in [6, 6.07) is 1.91. The SMILES string of the molecule is CCCN(CC(=O)OCC)Cc1ccoc1. The third kappa shape index (κ3) is 4.49. The number of hydrogen-bond acceptors (Lipinski definition) is 4. The van der Waals surface area contributed by atoms with Crippen LogP contribution in [0.15, 0.2) is 23.0 Å². The zero-order chi connectivity index (χ0) is 11.8. The molecule has 0 spiro atoms. The summed E-state index contributed by atoms with van der Waals surface area (Å²) in [5.74, 6) is -0.167. The second-order valence-corrected chi connectivity index (χ2v) is 3.65. The molecule has 0 fully saturated rings. The summed E-state index contributed by atoms with van der Waals surface area (Å²) in [7, 11) is 0. The summed E-state index contributed by atoms with van der Waals surface area (Å²) in [5.41, 5.74) is 1.08. The summed E-state index contributed by atoms with van der Waals surface area (Å²) in [4.78, 5) is 13.4. The minimum absolute atomic E-state index is 0.167. The minimum atomic E-state index is -0.167. The fourth-order valence-corrected chi connectivity index (χ4v) is 1.56. The van der Waals surface area contributed by atoms with E-state index in [0.29, 0.717) is 13.2 Å². The van der Waals surface area contributed by atoms with E-state index in [0.717, 1.165) is 25.1 Å². The third-order valence-corrected chi connectivity index (χ3v) is 2.18. The Morgan fingerprint density at radius 2 is 2.31 bits per heavy atom. The molecular formula is C12H19NO3. The lowest BCUT2D eigenvalue weighted by molar-refractivity contribution is -0.144. The number of hydrogen-bond donors (Lipinski definition) is 0. The van der Waals surface area contributed by atoms with Gasteiger partial charge in [-0.05, 0) is 26.0 Å². The van der Waals surface area contributed by atoms with E-state index in [-0.39, 0.29) is 5.97 Å². The van der Waals surface area contributed by atoms with Crippen molar-refractivity contribution in [2.45, 2.75) is 26.8 Å². The van der Waals surface area contributed by atoms with E-state index in [9.17, 15) is 4.79 Å². The van der Waals surface area contributed by atoms with Crippen molar-refractivity contribution < 1.29 is 13.9 Å². The lowest BCUT2D eigenvalue weighted by Crippen LogP contribution is -2.31. The molecule has 0 amide bonds. The van der Waals surface area contributed by atoms with Crippen molar-refractivity contribution in [2.75, 3.05) is 19.7 Å². The average molecular weight is 225 g/mol. The van der Waals surface area contributed by atoms with Crippen LogP contribution >= 0.6 is 0 Å². The number of furan rings is 1. The van der Waals surface area contributed by atoms with Gasteiger partial charge >= 0.3 is 5.97 Å². The molecule has 90 valence electrons. The maximum absolute atomic E-state index is 11.4. The molecule has 1 aromatic rings. The van der Waals surface area contributed by atoms with E-state index in [4.69, 9.17) is 9.15 Å². The fourth-order valence-electron chi connectivity index (χ4n) is 1.56. The van der Waals surface area contributed by atoms with Crippen LogP contribution in [0.5, 0.6) is 0 Å². The van der Waals surface area contributed by atoms with Crippen LogP contribution < -0.4 is 0 Å². The van der Waals surface area contributed by atoms with E-state index in [2.05, 4.69) is 11.8 Å². The first-order valence-electron chi connectivity index (χ1n) is 5.65. The van der Waals surface area contributed by atoms with Crippen molar-refractivity contribution in [1.82, 2.24) is 4.90 Å². The van der Waals surface area contributed by atoms with Gasteiger partial charge in [0.1, 0.15) is 0 Å². The molecule has 4 heteroatoms. The Kier molecular flexibility index (Phi) is 5.64. The molecule has 4 nitrogen and oxygen atoms in total. The summed E-state index contributed by atoms with van der Waals surface area (Å²) < 4.78 is 9.94. The maximum Gasteiger partial charge on any atom is 0.320 e. The number of rotatable bonds is 7. The molecule has 0 saturated heterocycles. The van der Waals surface area contributed by atoms with Crippen LogP contribution in [-0.2, 0) is 16.1 Å². The Hall–Kier alpha value is -1.29. The fraction of sp³-hybridized carbons (Fsp3) is 0.583. The van der Waals surface area contributed by atoms with Crippen LogP contribution in [0.25, 0.3) is 0 Å². The van der Waals surface area contributed by atoms with Gasteiger partial charge in [-0.3, -0.25) is 9.69 Å². The molecule has 0 bridgehead atoms. The first kappa shape index (κ1) is 12.8. The van der Waals surface area contributed by atoms with Crippen molar-refractivity contribution >= 4 is 5.97 Å². The van der Waals surface area contributed by atoms with Gasteiger partial charge in [0.05, 0.1) is 25.7 Å². The second-order valence-electron chi connectivity index (χ2n) is 3.65. The largest absolute Gasteiger partial charge is 0.472 e. The summed E-state index contributed by atoms with van der Waals surface area (Å²) in [6.45, 7) is 6.29. The Balaban J connectivity index is 2.44. The van der Waals surface area contributed by atoms with Crippen molar-refractivity contribution in [3.05, 3.63) is 24.2 Å². The van der Waals surface area contributed by atoms with Gasteiger partial charge < -0.3 is 9.15 Å². The third-order valence-electron chi connectivity index (χ3n) is 2.18. The van der Waals surface area contributed by atoms with Crippen molar-refractivity contribution in [3.8, 4) is 0 Å². The van der Waals surface area contributed by atoms with E-state index in [1.807, 2.05) is 13.0 Å². The normalized spacial score (nSPS) is 10.7. The Morgan fingerprint density at radius 3 is 2.88 bits per heavy atom. The molecule has 1 heterocycles. The highest BCUT2D eigenvalue weighted by Gasteiger charge is 2.11. The molecule has 0 radical (unpaired) electrons. The molecule has 0 N–H and O–H groups in total. The average Bonchev–Trinajstić information content (AvgIpc) is 2.71. The maximum atomic E-state index is 11.4. The van der Waals surface area contributed by atoms with Crippen LogP contribution in [0, 0.1) is 0 Å². The second kappa shape index (κ2) is 7.06. The zero-order valence-electron chi connectivity index (χ0n) is 9.94. The zero-order valence-corrected chi connectivity index (χ0v) is 9.94. The first-order chi connectivity index (χ1) is 7.76. The van der Waals surface area contributed by atoms with Gasteiger partial charge in [-0.25, -0.2) is 0 Å². The lowest BCUT2D eigenvalue weighted by Gasteiger charge is -2.19. The molecule has 0 unspecified atom stereocenters. The first-order valence-corrected chi connectivity index (χ1v) is 5.65. The molecule has 16 heavy (non-hydrogen) atoms. The van der Waals surface area contributed by atoms with Crippen molar-refractivity contribution in [3.63, 3.8) is 0 Å². The summed E-state index contributed by atoms with van der Waals surface area (Å²) in [5, 5.41) is 0. The predicted molar refractivity (Wildman–Crippen MR) is 60.9 cm³/mol. The number of esters is 1. The number of carbonyl (C=O) groups excluding carboxylic acids is 1. The van der Waals surface area contributed by atoms with Crippen LogP contribution in [0.1, 0.15) is 25.8 Å². The van der Waals surface area contributed by atoms with E-state index >= 15 is 0 Å².